The minimum atomic E-state index is -3.71. The number of hydrogen-bond donors (Lipinski definition) is 1. The molecule has 0 atom stereocenters. The maximum atomic E-state index is 12.9. The lowest BCUT2D eigenvalue weighted by atomic mass is 10.2. The van der Waals surface area contributed by atoms with Gasteiger partial charge in [-0.1, -0.05) is 32.0 Å². The number of sulfonamides is 1. The molecule has 0 saturated carbocycles. The number of nitrogens with one attached hydrogen (secondary N) is 1. The Kier molecular flexibility index (Phi) is 6.96. The van der Waals surface area contributed by atoms with Crippen LogP contribution in [0.15, 0.2) is 74.8 Å². The predicted octanol–water partition coefficient (Wildman–Crippen LogP) is 5.12. The lowest BCUT2D eigenvalue weighted by Gasteiger charge is -2.20. The zero-order valence-electron chi connectivity index (χ0n) is 16.5. The van der Waals surface area contributed by atoms with E-state index in [1.807, 2.05) is 18.2 Å². The molecule has 0 aliphatic carbocycles. The highest BCUT2D eigenvalue weighted by molar-refractivity contribution is 9.10. The average Bonchev–Trinajstić information content (AvgIpc) is 3.17. The van der Waals surface area contributed by atoms with Gasteiger partial charge in [-0.2, -0.15) is 4.31 Å². The number of ether oxygens (including phenoxy) is 1. The molecule has 3 aromatic rings. The van der Waals surface area contributed by atoms with Crippen LogP contribution in [0.1, 0.15) is 24.2 Å². The molecule has 0 aliphatic heterocycles. The van der Waals surface area contributed by atoms with Crippen molar-refractivity contribution in [2.45, 2.75) is 18.7 Å². The van der Waals surface area contributed by atoms with Gasteiger partial charge in [-0.05, 0) is 46.3 Å². The SMILES string of the molecule is CCN(CC)S(=O)(=O)c1ccc(Oc2ccccc2)c(NC(=O)c2coc(Br)c2)c1. The van der Waals surface area contributed by atoms with Crippen LogP contribution in [0, 0.1) is 0 Å². The highest BCUT2D eigenvalue weighted by Gasteiger charge is 2.24. The monoisotopic (exact) mass is 492 g/mol. The van der Waals surface area contributed by atoms with Gasteiger partial charge in [-0.15, -0.1) is 0 Å². The lowest BCUT2D eigenvalue weighted by molar-refractivity contribution is 0.102. The van der Waals surface area contributed by atoms with Gasteiger partial charge in [0.05, 0.1) is 16.1 Å². The van der Waals surface area contributed by atoms with E-state index in [2.05, 4.69) is 21.2 Å². The molecule has 30 heavy (non-hydrogen) atoms. The summed E-state index contributed by atoms with van der Waals surface area (Å²) in [4.78, 5) is 12.7. The van der Waals surface area contributed by atoms with Crippen LogP contribution in [0.5, 0.6) is 11.5 Å². The molecule has 1 amide bonds. The molecule has 1 N–H and O–H groups in total. The number of halogens is 1. The van der Waals surface area contributed by atoms with Gasteiger partial charge < -0.3 is 14.5 Å². The Morgan fingerprint density at radius 2 is 1.80 bits per heavy atom. The highest BCUT2D eigenvalue weighted by Crippen LogP contribution is 2.33. The molecule has 0 bridgehead atoms. The molecule has 0 fully saturated rings. The molecular weight excluding hydrogens is 472 g/mol. The van der Waals surface area contributed by atoms with Crippen LogP contribution < -0.4 is 10.1 Å². The normalized spacial score (nSPS) is 11.5. The van der Waals surface area contributed by atoms with Gasteiger partial charge >= 0.3 is 0 Å². The Bertz CT molecular complexity index is 1130. The Labute approximate surface area is 183 Å². The molecule has 2 aromatic carbocycles. The number of anilines is 1. The van der Waals surface area contributed by atoms with Gasteiger partial charge in [-0.3, -0.25) is 4.79 Å². The van der Waals surface area contributed by atoms with Gasteiger partial charge in [0.15, 0.2) is 10.4 Å². The van der Waals surface area contributed by atoms with Gasteiger partial charge in [0.2, 0.25) is 10.0 Å². The summed E-state index contributed by atoms with van der Waals surface area (Å²) in [5, 5.41) is 2.72. The maximum absolute atomic E-state index is 12.9. The van der Waals surface area contributed by atoms with Crippen LogP contribution in [0.25, 0.3) is 0 Å². The maximum Gasteiger partial charge on any atom is 0.259 e. The molecule has 0 saturated heterocycles. The van der Waals surface area contributed by atoms with Crippen molar-refractivity contribution >= 4 is 37.5 Å². The van der Waals surface area contributed by atoms with E-state index in [4.69, 9.17) is 9.15 Å². The van der Waals surface area contributed by atoms with Gasteiger partial charge in [0, 0.05) is 19.2 Å². The second kappa shape index (κ2) is 9.46. The topological polar surface area (TPSA) is 88.9 Å². The fourth-order valence-electron chi connectivity index (χ4n) is 2.81. The van der Waals surface area contributed by atoms with Crippen LogP contribution in [0.2, 0.25) is 0 Å². The molecule has 0 spiro atoms. The molecular formula is C21H21BrN2O5S. The van der Waals surface area contributed by atoms with E-state index in [-0.39, 0.29) is 16.1 Å². The largest absolute Gasteiger partial charge is 0.457 e. The van der Waals surface area contributed by atoms with Crippen LogP contribution in [-0.2, 0) is 10.0 Å². The molecule has 7 nitrogen and oxygen atoms in total. The third kappa shape index (κ3) is 4.92. The molecule has 158 valence electrons. The standard InChI is InChI=1S/C21H21BrN2O5S/c1-3-24(4-2)30(26,27)17-10-11-19(29-16-8-6-5-7-9-16)18(13-17)23-21(25)15-12-20(22)28-14-15/h5-14H,3-4H2,1-2H3,(H,23,25). The van der Waals surface area contributed by atoms with Crippen LogP contribution in [-0.4, -0.2) is 31.7 Å². The summed E-state index contributed by atoms with van der Waals surface area (Å²) in [7, 11) is -3.71. The molecule has 1 aromatic heterocycles. The number of hydrogen-bond acceptors (Lipinski definition) is 5. The number of nitrogens with zero attached hydrogens (tertiary/aromatic N) is 1. The fraction of sp³-hybridized carbons (Fsp3) is 0.190. The lowest BCUT2D eigenvalue weighted by Crippen LogP contribution is -2.30. The zero-order valence-corrected chi connectivity index (χ0v) is 18.9. The molecule has 0 radical (unpaired) electrons. The molecule has 9 heteroatoms. The zero-order chi connectivity index (χ0) is 21.7. The number of carbonyl (C=O) groups excluding carboxylic acids is 1. The van der Waals surface area contributed by atoms with Crippen molar-refractivity contribution in [2.75, 3.05) is 18.4 Å². The summed E-state index contributed by atoms with van der Waals surface area (Å²) in [6.07, 6.45) is 1.30. The first-order chi connectivity index (χ1) is 14.3. The van der Waals surface area contributed by atoms with Crippen molar-refractivity contribution in [3.05, 3.63) is 71.1 Å². The third-order valence-corrected chi connectivity index (χ3v) is 6.80. The highest BCUT2D eigenvalue weighted by atomic mass is 79.9. The minimum absolute atomic E-state index is 0.0651. The Hall–Kier alpha value is -2.62. The first kappa shape index (κ1) is 22.1. The van der Waals surface area contributed by atoms with Crippen molar-refractivity contribution in [3.63, 3.8) is 0 Å². The Morgan fingerprint density at radius 1 is 1.10 bits per heavy atom. The Balaban J connectivity index is 2.01. The van der Waals surface area contributed by atoms with Crippen molar-refractivity contribution in [1.29, 1.82) is 0 Å². The van der Waals surface area contributed by atoms with E-state index < -0.39 is 15.9 Å². The van der Waals surface area contributed by atoms with E-state index in [1.165, 1.54) is 34.8 Å². The molecule has 3 rings (SSSR count). The molecule has 0 unspecified atom stereocenters. The summed E-state index contributed by atoms with van der Waals surface area (Å²) in [5.41, 5.74) is 0.513. The van der Waals surface area contributed by atoms with E-state index in [1.54, 1.807) is 26.0 Å². The number of furan rings is 1. The second-order valence-electron chi connectivity index (χ2n) is 6.26. The summed E-state index contributed by atoms with van der Waals surface area (Å²) in [5.74, 6) is 0.411. The first-order valence-electron chi connectivity index (χ1n) is 9.27. The van der Waals surface area contributed by atoms with Crippen LogP contribution in [0.3, 0.4) is 0 Å². The Morgan fingerprint density at radius 3 is 2.40 bits per heavy atom. The summed E-state index contributed by atoms with van der Waals surface area (Å²) < 4.78 is 38.6. The smallest absolute Gasteiger partial charge is 0.259 e. The van der Waals surface area contributed by atoms with Crippen molar-refractivity contribution in [3.8, 4) is 11.5 Å². The number of carbonyl (C=O) groups is 1. The summed E-state index contributed by atoms with van der Waals surface area (Å²) in [6.45, 7) is 4.22. The second-order valence-corrected chi connectivity index (χ2v) is 8.98. The minimum Gasteiger partial charge on any atom is -0.457 e. The van der Waals surface area contributed by atoms with Crippen LogP contribution in [0.4, 0.5) is 5.69 Å². The number of para-hydroxylation sites is 1. The van der Waals surface area contributed by atoms with Gasteiger partial charge in [-0.25, -0.2) is 8.42 Å². The quantitative estimate of drug-likeness (QED) is 0.471. The third-order valence-electron chi connectivity index (χ3n) is 4.34. The number of amides is 1. The van der Waals surface area contributed by atoms with E-state index in [9.17, 15) is 13.2 Å². The molecule has 0 aliphatic rings. The van der Waals surface area contributed by atoms with Crippen LogP contribution >= 0.6 is 15.9 Å². The summed E-state index contributed by atoms with van der Waals surface area (Å²) in [6, 6.07) is 14.9. The van der Waals surface area contributed by atoms with Crippen molar-refractivity contribution < 1.29 is 22.4 Å². The first-order valence-corrected chi connectivity index (χ1v) is 11.5. The summed E-state index contributed by atoms with van der Waals surface area (Å²) >= 11 is 3.16. The predicted molar refractivity (Wildman–Crippen MR) is 117 cm³/mol. The van der Waals surface area contributed by atoms with E-state index in [0.29, 0.717) is 29.3 Å². The van der Waals surface area contributed by atoms with Crippen molar-refractivity contribution in [2.24, 2.45) is 0 Å². The number of rotatable bonds is 8. The van der Waals surface area contributed by atoms with E-state index >= 15 is 0 Å². The van der Waals surface area contributed by atoms with Gasteiger partial charge in [0.25, 0.3) is 5.91 Å². The fourth-order valence-corrected chi connectivity index (χ4v) is 4.63. The average molecular weight is 493 g/mol. The molecule has 1 heterocycles. The number of benzene rings is 2. The van der Waals surface area contributed by atoms with E-state index in [0.717, 1.165) is 0 Å². The van der Waals surface area contributed by atoms with Crippen molar-refractivity contribution in [1.82, 2.24) is 4.31 Å². The van der Waals surface area contributed by atoms with Gasteiger partial charge in [0.1, 0.15) is 12.0 Å².